The Morgan fingerprint density at radius 3 is 2.71 bits per heavy atom. The number of rotatable bonds is 7. The van der Waals surface area contributed by atoms with Crippen LogP contribution < -0.4 is 10.1 Å². The van der Waals surface area contributed by atoms with Crippen molar-refractivity contribution in [3.05, 3.63) is 34.7 Å². The molecule has 4 heteroatoms. The van der Waals surface area contributed by atoms with E-state index in [0.29, 0.717) is 0 Å². The summed E-state index contributed by atoms with van der Waals surface area (Å²) in [6.45, 7) is 5.12. The number of nitrogens with one attached hydrogen (secondary N) is 1. The summed E-state index contributed by atoms with van der Waals surface area (Å²) in [5.41, 5.74) is 2.22. The second-order valence-electron chi connectivity index (χ2n) is 5.80. The van der Waals surface area contributed by atoms with Crippen molar-refractivity contribution in [3.8, 4) is 17.0 Å². The summed E-state index contributed by atoms with van der Waals surface area (Å²) < 4.78 is 5.67. The largest absolute Gasteiger partial charge is 0.491 e. The van der Waals surface area contributed by atoms with Gasteiger partial charge in [0.25, 0.3) is 0 Å². The van der Waals surface area contributed by atoms with Crippen LogP contribution in [0.25, 0.3) is 11.3 Å². The number of aromatic nitrogens is 1. The first kappa shape index (κ1) is 14.5. The minimum absolute atomic E-state index is 0.209. The van der Waals surface area contributed by atoms with E-state index in [-0.39, 0.29) is 6.10 Å². The molecule has 0 saturated heterocycles. The fraction of sp³-hybridized carbons (Fsp3) is 0.471. The molecule has 1 aliphatic carbocycles. The maximum atomic E-state index is 5.67. The van der Waals surface area contributed by atoms with Crippen molar-refractivity contribution in [2.75, 3.05) is 6.54 Å². The lowest BCUT2D eigenvalue weighted by molar-refractivity contribution is 0.242. The molecule has 0 radical (unpaired) electrons. The molecule has 0 unspecified atom stereocenters. The lowest BCUT2D eigenvalue weighted by atomic mass is 10.2. The Balaban J connectivity index is 1.59. The molecule has 1 aliphatic rings. The van der Waals surface area contributed by atoms with Gasteiger partial charge in [-0.05, 0) is 51.0 Å². The van der Waals surface area contributed by atoms with Crippen LogP contribution in [0.4, 0.5) is 0 Å². The molecule has 1 N–H and O–H groups in total. The van der Waals surface area contributed by atoms with Gasteiger partial charge in [0.2, 0.25) is 0 Å². The molecule has 2 aromatic rings. The summed E-state index contributed by atoms with van der Waals surface area (Å²) >= 11 is 1.75. The number of nitrogens with zero attached hydrogens (tertiary/aromatic N) is 1. The van der Waals surface area contributed by atoms with Gasteiger partial charge in [-0.25, -0.2) is 4.98 Å². The highest BCUT2D eigenvalue weighted by Gasteiger charge is 2.19. The van der Waals surface area contributed by atoms with E-state index >= 15 is 0 Å². The predicted octanol–water partition coefficient (Wildman–Crippen LogP) is 3.89. The first-order chi connectivity index (χ1) is 10.2. The zero-order valence-electron chi connectivity index (χ0n) is 12.6. The van der Waals surface area contributed by atoms with Gasteiger partial charge in [-0.15, -0.1) is 11.3 Å². The summed E-state index contributed by atoms with van der Waals surface area (Å²) in [5, 5.41) is 6.88. The summed E-state index contributed by atoms with van der Waals surface area (Å²) in [6, 6.07) is 8.97. The average Bonchev–Trinajstić information content (AvgIpc) is 3.16. The van der Waals surface area contributed by atoms with E-state index in [2.05, 4.69) is 22.8 Å². The summed E-state index contributed by atoms with van der Waals surface area (Å²) in [6.07, 6.45) is 3.91. The molecule has 21 heavy (non-hydrogen) atoms. The molecular weight excluding hydrogens is 280 g/mol. The van der Waals surface area contributed by atoms with Gasteiger partial charge in [0, 0.05) is 30.0 Å². The van der Waals surface area contributed by atoms with Crippen LogP contribution in [0.5, 0.6) is 5.75 Å². The highest BCUT2D eigenvalue weighted by atomic mass is 32.1. The second kappa shape index (κ2) is 6.58. The van der Waals surface area contributed by atoms with Gasteiger partial charge in [-0.2, -0.15) is 0 Å². The summed E-state index contributed by atoms with van der Waals surface area (Å²) in [7, 11) is 0. The molecule has 0 spiro atoms. The number of ether oxygens (including phenoxy) is 1. The monoisotopic (exact) mass is 302 g/mol. The van der Waals surface area contributed by atoms with Gasteiger partial charge in [0.1, 0.15) is 5.75 Å². The zero-order valence-corrected chi connectivity index (χ0v) is 13.5. The van der Waals surface area contributed by atoms with Crippen LogP contribution in [0, 0.1) is 0 Å². The molecule has 1 saturated carbocycles. The SMILES string of the molecule is CC(C)Oc1ccc(-c2csc(CCNC3CC3)n2)cc1. The minimum atomic E-state index is 0.209. The summed E-state index contributed by atoms with van der Waals surface area (Å²) in [4.78, 5) is 4.73. The van der Waals surface area contributed by atoms with E-state index in [1.807, 2.05) is 26.0 Å². The number of thiazole rings is 1. The van der Waals surface area contributed by atoms with Crippen molar-refractivity contribution in [1.29, 1.82) is 0 Å². The van der Waals surface area contributed by atoms with Gasteiger partial charge in [-0.3, -0.25) is 0 Å². The molecule has 0 atom stereocenters. The molecule has 3 rings (SSSR count). The van der Waals surface area contributed by atoms with Gasteiger partial charge in [-0.1, -0.05) is 0 Å². The Hall–Kier alpha value is -1.39. The molecule has 3 nitrogen and oxygen atoms in total. The maximum Gasteiger partial charge on any atom is 0.119 e. The predicted molar refractivity (Wildman–Crippen MR) is 88.0 cm³/mol. The van der Waals surface area contributed by atoms with E-state index in [0.717, 1.165) is 36.0 Å². The topological polar surface area (TPSA) is 34.1 Å². The van der Waals surface area contributed by atoms with Crippen molar-refractivity contribution >= 4 is 11.3 Å². The van der Waals surface area contributed by atoms with Crippen molar-refractivity contribution < 1.29 is 4.74 Å². The van der Waals surface area contributed by atoms with E-state index in [9.17, 15) is 0 Å². The lowest BCUT2D eigenvalue weighted by Crippen LogP contribution is -2.19. The molecule has 1 fully saturated rings. The fourth-order valence-electron chi connectivity index (χ4n) is 2.21. The van der Waals surface area contributed by atoms with E-state index in [1.165, 1.54) is 17.8 Å². The molecule has 0 bridgehead atoms. The van der Waals surface area contributed by atoms with Gasteiger partial charge in [0.05, 0.1) is 16.8 Å². The van der Waals surface area contributed by atoms with Gasteiger partial charge >= 0.3 is 0 Å². The Kier molecular flexibility index (Phi) is 4.56. The highest BCUT2D eigenvalue weighted by Crippen LogP contribution is 2.25. The van der Waals surface area contributed by atoms with E-state index in [1.54, 1.807) is 11.3 Å². The third-order valence-electron chi connectivity index (χ3n) is 3.42. The highest BCUT2D eigenvalue weighted by molar-refractivity contribution is 7.09. The average molecular weight is 302 g/mol. The molecule has 1 aromatic heterocycles. The lowest BCUT2D eigenvalue weighted by Gasteiger charge is -2.09. The van der Waals surface area contributed by atoms with Crippen LogP contribution in [0.3, 0.4) is 0 Å². The molecule has 1 heterocycles. The van der Waals surface area contributed by atoms with Crippen LogP contribution in [0.1, 0.15) is 31.7 Å². The standard InChI is InChI=1S/C17H22N2OS/c1-12(2)20-15-7-3-13(4-8-15)16-11-21-17(19-16)9-10-18-14-5-6-14/h3-4,7-8,11-12,14,18H,5-6,9-10H2,1-2H3. The molecule has 0 amide bonds. The quantitative estimate of drug-likeness (QED) is 0.842. The number of hydrogen-bond acceptors (Lipinski definition) is 4. The molecule has 1 aromatic carbocycles. The van der Waals surface area contributed by atoms with Gasteiger partial charge in [0.15, 0.2) is 0 Å². The number of benzene rings is 1. The van der Waals surface area contributed by atoms with E-state index in [4.69, 9.17) is 9.72 Å². The molecule has 0 aliphatic heterocycles. The fourth-order valence-corrected chi connectivity index (χ4v) is 3.01. The van der Waals surface area contributed by atoms with E-state index < -0.39 is 0 Å². The smallest absolute Gasteiger partial charge is 0.119 e. The van der Waals surface area contributed by atoms with Crippen molar-refractivity contribution in [2.45, 2.75) is 45.3 Å². The Morgan fingerprint density at radius 2 is 2.05 bits per heavy atom. The Bertz CT molecular complexity index is 573. The van der Waals surface area contributed by atoms with Gasteiger partial charge < -0.3 is 10.1 Å². The van der Waals surface area contributed by atoms with Crippen molar-refractivity contribution in [3.63, 3.8) is 0 Å². The number of hydrogen-bond donors (Lipinski definition) is 1. The minimum Gasteiger partial charge on any atom is -0.491 e. The Labute approximate surface area is 130 Å². The maximum absolute atomic E-state index is 5.67. The van der Waals surface area contributed by atoms with Crippen LogP contribution in [-0.4, -0.2) is 23.7 Å². The molecule has 112 valence electrons. The van der Waals surface area contributed by atoms with Crippen molar-refractivity contribution in [2.24, 2.45) is 0 Å². The van der Waals surface area contributed by atoms with Crippen molar-refractivity contribution in [1.82, 2.24) is 10.3 Å². The zero-order chi connectivity index (χ0) is 14.7. The third-order valence-corrected chi connectivity index (χ3v) is 4.33. The third kappa shape index (κ3) is 4.29. The van der Waals surface area contributed by atoms with Crippen LogP contribution >= 0.6 is 11.3 Å². The summed E-state index contributed by atoms with van der Waals surface area (Å²) in [5.74, 6) is 0.915. The van der Waals surface area contributed by atoms with Crippen LogP contribution in [0.15, 0.2) is 29.6 Å². The van der Waals surface area contributed by atoms with Crippen LogP contribution in [0.2, 0.25) is 0 Å². The second-order valence-corrected chi connectivity index (χ2v) is 6.74. The Morgan fingerprint density at radius 1 is 1.29 bits per heavy atom. The van der Waals surface area contributed by atoms with Crippen LogP contribution in [-0.2, 0) is 6.42 Å². The first-order valence-electron chi connectivity index (χ1n) is 7.65. The molecular formula is C17H22N2OS. The first-order valence-corrected chi connectivity index (χ1v) is 8.53. The normalized spacial score (nSPS) is 14.6.